The van der Waals surface area contributed by atoms with Gasteiger partial charge in [0.15, 0.2) is 11.5 Å². The van der Waals surface area contributed by atoms with Crippen LogP contribution < -0.4 is 10.6 Å². The molecule has 1 aliphatic rings. The molecule has 3 heterocycles. The first-order valence-electron chi connectivity index (χ1n) is 9.41. The molecule has 0 aliphatic carbocycles. The quantitative estimate of drug-likeness (QED) is 0.727. The number of nitrogens with zero attached hydrogens (tertiary/aromatic N) is 4. The van der Waals surface area contributed by atoms with Gasteiger partial charge in [-0.1, -0.05) is 0 Å². The lowest BCUT2D eigenvalue weighted by Crippen LogP contribution is -2.32. The van der Waals surface area contributed by atoms with Crippen LogP contribution in [0.1, 0.15) is 40.8 Å². The second-order valence-electron chi connectivity index (χ2n) is 7.14. The van der Waals surface area contributed by atoms with Gasteiger partial charge in [0.25, 0.3) is 5.91 Å². The van der Waals surface area contributed by atoms with E-state index in [1.165, 1.54) is 6.07 Å². The molecule has 1 unspecified atom stereocenters. The Hall–Kier alpha value is -3.00. The van der Waals surface area contributed by atoms with Crippen molar-refractivity contribution in [3.63, 3.8) is 0 Å². The summed E-state index contributed by atoms with van der Waals surface area (Å²) >= 11 is 0. The number of carbonyl (C=O) groups excluding carboxylic acids is 1. The third-order valence-electron chi connectivity index (χ3n) is 4.93. The first-order chi connectivity index (χ1) is 13.5. The number of halogens is 1. The van der Waals surface area contributed by atoms with Crippen LogP contribution in [-0.4, -0.2) is 38.6 Å². The minimum Gasteiger partial charge on any atom is -0.320 e. The molecule has 1 amide bonds. The summed E-state index contributed by atoms with van der Waals surface area (Å²) in [6, 6.07) is 8.39. The summed E-state index contributed by atoms with van der Waals surface area (Å²) in [6.07, 6.45) is 3.95. The van der Waals surface area contributed by atoms with Crippen molar-refractivity contribution in [3.05, 3.63) is 59.4 Å². The van der Waals surface area contributed by atoms with Gasteiger partial charge in [0.1, 0.15) is 5.69 Å². The number of aryl methyl sites for hydroxylation is 2. The van der Waals surface area contributed by atoms with Gasteiger partial charge in [0, 0.05) is 24.1 Å². The molecule has 1 aliphatic heterocycles. The summed E-state index contributed by atoms with van der Waals surface area (Å²) in [5.41, 5.74) is 2.70. The number of aromatic nitrogens is 4. The van der Waals surface area contributed by atoms with Gasteiger partial charge < -0.3 is 10.6 Å². The van der Waals surface area contributed by atoms with E-state index >= 15 is 0 Å². The molecule has 1 atom stereocenters. The Bertz CT molecular complexity index is 1000. The maximum absolute atomic E-state index is 14.6. The number of benzene rings is 1. The third kappa shape index (κ3) is 3.68. The van der Waals surface area contributed by atoms with E-state index in [9.17, 15) is 9.18 Å². The zero-order valence-electron chi connectivity index (χ0n) is 15.9. The molecule has 2 aromatic heterocycles. The number of nitrogens with one attached hydrogen (secondary N) is 2. The molecule has 0 radical (unpaired) electrons. The van der Waals surface area contributed by atoms with Gasteiger partial charge in [-0.15, -0.1) is 0 Å². The van der Waals surface area contributed by atoms with Crippen molar-refractivity contribution in [2.24, 2.45) is 0 Å². The maximum Gasteiger partial charge on any atom is 0.276 e. The summed E-state index contributed by atoms with van der Waals surface area (Å²) in [6.45, 7) is 5.60. The van der Waals surface area contributed by atoms with E-state index in [2.05, 4.69) is 20.8 Å². The molecule has 8 heteroatoms. The maximum atomic E-state index is 14.6. The number of anilines is 1. The van der Waals surface area contributed by atoms with Crippen LogP contribution in [0.25, 0.3) is 5.69 Å². The van der Waals surface area contributed by atoms with Crippen molar-refractivity contribution in [2.45, 2.75) is 32.7 Å². The first kappa shape index (κ1) is 18.4. The van der Waals surface area contributed by atoms with E-state index in [-0.39, 0.29) is 11.9 Å². The van der Waals surface area contributed by atoms with Gasteiger partial charge in [-0.05, 0) is 63.6 Å². The number of rotatable bonds is 4. The lowest BCUT2D eigenvalue weighted by Gasteiger charge is -2.22. The standard InChI is InChI=1S/C20H23FN6O/c1-13-10-14(2)27(24-13)19-6-5-15(11-17(19)21)23-20(28)18-7-9-26(25-18)16-4-3-8-22-12-16/h5-7,9-11,16,22H,3-4,8,12H2,1-2H3,(H,23,28). The number of carbonyl (C=O) groups is 1. The molecule has 28 heavy (non-hydrogen) atoms. The van der Waals surface area contributed by atoms with Crippen molar-refractivity contribution >= 4 is 11.6 Å². The van der Waals surface area contributed by atoms with Crippen LogP contribution in [-0.2, 0) is 0 Å². The van der Waals surface area contributed by atoms with Crippen molar-refractivity contribution < 1.29 is 9.18 Å². The van der Waals surface area contributed by atoms with Crippen LogP contribution in [0.3, 0.4) is 0 Å². The predicted octanol–water partition coefficient (Wildman–Crippen LogP) is 3.00. The monoisotopic (exact) mass is 382 g/mol. The largest absolute Gasteiger partial charge is 0.320 e. The second kappa shape index (κ2) is 7.55. The van der Waals surface area contributed by atoms with Gasteiger partial charge in [-0.2, -0.15) is 10.2 Å². The molecule has 146 valence electrons. The van der Waals surface area contributed by atoms with E-state index in [1.54, 1.807) is 22.9 Å². The highest BCUT2D eigenvalue weighted by atomic mass is 19.1. The lowest BCUT2D eigenvalue weighted by molar-refractivity contribution is 0.102. The van der Waals surface area contributed by atoms with Gasteiger partial charge in [0.2, 0.25) is 0 Å². The first-order valence-corrected chi connectivity index (χ1v) is 9.41. The zero-order valence-corrected chi connectivity index (χ0v) is 15.9. The van der Waals surface area contributed by atoms with Crippen molar-refractivity contribution in [1.29, 1.82) is 0 Å². The summed E-state index contributed by atoms with van der Waals surface area (Å²) < 4.78 is 18.0. The molecular formula is C20H23FN6O. The number of amides is 1. The summed E-state index contributed by atoms with van der Waals surface area (Å²) in [7, 11) is 0. The van der Waals surface area contributed by atoms with Crippen LogP contribution in [0.15, 0.2) is 36.5 Å². The van der Waals surface area contributed by atoms with Crippen LogP contribution in [0.4, 0.5) is 10.1 Å². The van der Waals surface area contributed by atoms with E-state index in [1.807, 2.05) is 30.8 Å². The Morgan fingerprint density at radius 1 is 1.25 bits per heavy atom. The molecule has 1 saturated heterocycles. The highest BCUT2D eigenvalue weighted by Gasteiger charge is 2.18. The smallest absolute Gasteiger partial charge is 0.276 e. The average Bonchev–Trinajstić information content (AvgIpc) is 3.29. The Morgan fingerprint density at radius 3 is 2.79 bits per heavy atom. The van der Waals surface area contributed by atoms with E-state index in [4.69, 9.17) is 0 Å². The third-order valence-corrected chi connectivity index (χ3v) is 4.93. The molecule has 3 aromatic rings. The molecular weight excluding hydrogens is 359 g/mol. The second-order valence-corrected chi connectivity index (χ2v) is 7.14. The minimum absolute atomic E-state index is 0.257. The Labute approximate surface area is 162 Å². The van der Waals surface area contributed by atoms with Crippen LogP contribution in [0, 0.1) is 19.7 Å². The molecule has 0 bridgehead atoms. The van der Waals surface area contributed by atoms with Gasteiger partial charge in [0.05, 0.1) is 11.7 Å². The fourth-order valence-corrected chi connectivity index (χ4v) is 3.55. The predicted molar refractivity (Wildman–Crippen MR) is 104 cm³/mol. The van der Waals surface area contributed by atoms with Crippen molar-refractivity contribution in [1.82, 2.24) is 24.9 Å². The number of hydrogen-bond acceptors (Lipinski definition) is 4. The van der Waals surface area contributed by atoms with Gasteiger partial charge in [-0.25, -0.2) is 9.07 Å². The van der Waals surface area contributed by atoms with E-state index in [0.717, 1.165) is 37.3 Å². The van der Waals surface area contributed by atoms with Crippen LogP contribution >= 0.6 is 0 Å². The Balaban J connectivity index is 1.48. The van der Waals surface area contributed by atoms with E-state index in [0.29, 0.717) is 17.1 Å². The normalized spacial score (nSPS) is 16.9. The fraction of sp³-hybridized carbons (Fsp3) is 0.350. The summed E-state index contributed by atoms with van der Waals surface area (Å²) in [5, 5.41) is 14.7. The molecule has 1 fully saturated rings. The van der Waals surface area contributed by atoms with Crippen molar-refractivity contribution in [3.8, 4) is 5.69 Å². The molecule has 0 saturated carbocycles. The zero-order chi connectivity index (χ0) is 19.7. The molecule has 2 N–H and O–H groups in total. The number of hydrogen-bond donors (Lipinski definition) is 2. The van der Waals surface area contributed by atoms with Gasteiger partial charge >= 0.3 is 0 Å². The van der Waals surface area contributed by atoms with E-state index < -0.39 is 5.82 Å². The highest BCUT2D eigenvalue weighted by molar-refractivity contribution is 6.02. The fourth-order valence-electron chi connectivity index (χ4n) is 3.55. The average molecular weight is 382 g/mol. The number of piperidine rings is 1. The lowest BCUT2D eigenvalue weighted by atomic mass is 10.1. The summed E-state index contributed by atoms with van der Waals surface area (Å²) in [5.74, 6) is -0.816. The van der Waals surface area contributed by atoms with Crippen molar-refractivity contribution in [2.75, 3.05) is 18.4 Å². The highest BCUT2D eigenvalue weighted by Crippen LogP contribution is 2.21. The topological polar surface area (TPSA) is 76.8 Å². The SMILES string of the molecule is Cc1cc(C)n(-c2ccc(NC(=O)c3ccn(C4CCCNC4)n3)cc2F)n1. The minimum atomic E-state index is -0.456. The Kier molecular flexibility index (Phi) is 4.95. The summed E-state index contributed by atoms with van der Waals surface area (Å²) in [4.78, 5) is 12.5. The molecule has 1 aromatic carbocycles. The van der Waals surface area contributed by atoms with Gasteiger partial charge in [-0.3, -0.25) is 9.48 Å². The van der Waals surface area contributed by atoms with Crippen LogP contribution in [0.2, 0.25) is 0 Å². The molecule has 4 rings (SSSR count). The van der Waals surface area contributed by atoms with Crippen LogP contribution in [0.5, 0.6) is 0 Å². The molecule has 0 spiro atoms. The Morgan fingerprint density at radius 2 is 2.11 bits per heavy atom. The molecule has 7 nitrogen and oxygen atoms in total.